The molecule has 86 valence electrons. The lowest BCUT2D eigenvalue weighted by Gasteiger charge is -2.09. The van der Waals surface area contributed by atoms with E-state index in [0.717, 1.165) is 16.2 Å². The molecule has 3 nitrogen and oxygen atoms in total. The Labute approximate surface area is 103 Å². The van der Waals surface area contributed by atoms with Crippen molar-refractivity contribution in [2.24, 2.45) is 0 Å². The fourth-order valence-corrected chi connectivity index (χ4v) is 2.81. The van der Waals surface area contributed by atoms with Gasteiger partial charge in [0.15, 0.2) is 0 Å². The zero-order chi connectivity index (χ0) is 11.5. The minimum absolute atomic E-state index is 0.365. The van der Waals surface area contributed by atoms with Crippen LogP contribution in [0.4, 0.5) is 0 Å². The lowest BCUT2D eigenvalue weighted by Crippen LogP contribution is -2.03. The number of esters is 1. The first kappa shape index (κ1) is 11.8. The van der Waals surface area contributed by atoms with E-state index in [4.69, 9.17) is 16.3 Å². The first-order valence-electron chi connectivity index (χ1n) is 4.83. The number of benzene rings is 1. The van der Waals surface area contributed by atoms with Crippen LogP contribution >= 0.6 is 23.4 Å². The van der Waals surface area contributed by atoms with Gasteiger partial charge in [-0.3, -0.25) is 0 Å². The molecule has 0 aliphatic carbocycles. The SMILES string of the molecule is COC(=O)c1cc(Cl)c2c(c1)SCCOC2. The van der Waals surface area contributed by atoms with E-state index in [1.54, 1.807) is 17.8 Å². The number of fused-ring (bicyclic) bond motifs is 1. The molecule has 1 heterocycles. The van der Waals surface area contributed by atoms with Gasteiger partial charge < -0.3 is 9.47 Å². The molecule has 0 spiro atoms. The Hall–Kier alpha value is -0.710. The fourth-order valence-electron chi connectivity index (χ4n) is 1.50. The quantitative estimate of drug-likeness (QED) is 0.726. The van der Waals surface area contributed by atoms with Crippen LogP contribution in [0.15, 0.2) is 17.0 Å². The smallest absolute Gasteiger partial charge is 0.337 e. The van der Waals surface area contributed by atoms with Crippen LogP contribution in [0.3, 0.4) is 0 Å². The summed E-state index contributed by atoms with van der Waals surface area (Å²) < 4.78 is 10.1. The third kappa shape index (κ3) is 2.34. The Morgan fingerprint density at radius 3 is 3.12 bits per heavy atom. The third-order valence-corrected chi connectivity index (χ3v) is 3.69. The third-order valence-electron chi connectivity index (χ3n) is 2.31. The predicted octanol–water partition coefficient (Wildman–Crippen LogP) is 2.75. The summed E-state index contributed by atoms with van der Waals surface area (Å²) >= 11 is 7.77. The number of carbonyl (C=O) groups excluding carboxylic acids is 1. The van der Waals surface area contributed by atoms with Crippen molar-refractivity contribution < 1.29 is 14.3 Å². The molecule has 0 N–H and O–H groups in total. The molecule has 0 fully saturated rings. The summed E-state index contributed by atoms with van der Waals surface area (Å²) in [6, 6.07) is 3.44. The van der Waals surface area contributed by atoms with Gasteiger partial charge in [-0.25, -0.2) is 4.79 Å². The molecule has 0 saturated heterocycles. The van der Waals surface area contributed by atoms with E-state index in [1.165, 1.54) is 7.11 Å². The molecule has 2 rings (SSSR count). The number of hydrogen-bond donors (Lipinski definition) is 0. The molecule has 16 heavy (non-hydrogen) atoms. The Morgan fingerprint density at radius 1 is 1.56 bits per heavy atom. The first-order valence-corrected chi connectivity index (χ1v) is 6.20. The molecule has 0 bridgehead atoms. The molecule has 0 unspecified atom stereocenters. The highest BCUT2D eigenvalue weighted by molar-refractivity contribution is 7.99. The maximum Gasteiger partial charge on any atom is 0.337 e. The molecule has 5 heteroatoms. The topological polar surface area (TPSA) is 35.5 Å². The number of methoxy groups -OCH3 is 1. The molecular weight excluding hydrogens is 248 g/mol. The minimum atomic E-state index is -0.365. The molecule has 1 aliphatic heterocycles. The van der Waals surface area contributed by atoms with Gasteiger partial charge in [-0.1, -0.05) is 11.6 Å². The van der Waals surface area contributed by atoms with Crippen molar-refractivity contribution in [1.29, 1.82) is 0 Å². The van der Waals surface area contributed by atoms with Crippen LogP contribution in [-0.2, 0) is 16.1 Å². The molecular formula is C11H11ClO3S. The lowest BCUT2D eigenvalue weighted by molar-refractivity contribution is 0.0600. The van der Waals surface area contributed by atoms with Crippen molar-refractivity contribution in [1.82, 2.24) is 0 Å². The Morgan fingerprint density at radius 2 is 2.38 bits per heavy atom. The van der Waals surface area contributed by atoms with Crippen LogP contribution in [0.1, 0.15) is 15.9 Å². The number of carbonyl (C=O) groups is 1. The van der Waals surface area contributed by atoms with E-state index in [9.17, 15) is 4.79 Å². The molecule has 0 amide bonds. The van der Waals surface area contributed by atoms with Gasteiger partial charge in [-0.2, -0.15) is 0 Å². The number of ether oxygens (including phenoxy) is 2. The van der Waals surface area contributed by atoms with Crippen molar-refractivity contribution in [3.8, 4) is 0 Å². The van der Waals surface area contributed by atoms with Gasteiger partial charge in [0.05, 0.1) is 25.9 Å². The van der Waals surface area contributed by atoms with Crippen molar-refractivity contribution in [2.45, 2.75) is 11.5 Å². The van der Waals surface area contributed by atoms with E-state index in [2.05, 4.69) is 4.74 Å². The summed E-state index contributed by atoms with van der Waals surface area (Å²) in [6.45, 7) is 1.20. The standard InChI is InChI=1S/C11H11ClO3S/c1-14-11(13)7-4-9(12)8-6-15-2-3-16-10(8)5-7/h4-5H,2-3,6H2,1H3. The largest absolute Gasteiger partial charge is 0.465 e. The number of thioether (sulfide) groups is 1. The molecule has 0 radical (unpaired) electrons. The monoisotopic (exact) mass is 258 g/mol. The van der Waals surface area contributed by atoms with Gasteiger partial charge in [0.25, 0.3) is 0 Å². The van der Waals surface area contributed by atoms with Crippen molar-refractivity contribution >= 4 is 29.3 Å². The lowest BCUT2D eigenvalue weighted by atomic mass is 10.1. The second-order valence-corrected chi connectivity index (χ2v) is 4.87. The summed E-state index contributed by atoms with van der Waals surface area (Å²) in [5.41, 5.74) is 1.44. The Bertz CT molecular complexity index is 420. The Balaban J connectivity index is 2.43. The summed E-state index contributed by atoms with van der Waals surface area (Å²) in [5.74, 6) is 0.504. The van der Waals surface area contributed by atoms with Crippen molar-refractivity contribution in [3.63, 3.8) is 0 Å². The zero-order valence-electron chi connectivity index (χ0n) is 8.79. The normalized spacial score (nSPS) is 15.1. The fraction of sp³-hybridized carbons (Fsp3) is 0.364. The van der Waals surface area contributed by atoms with Crippen LogP contribution in [0, 0.1) is 0 Å². The van der Waals surface area contributed by atoms with Gasteiger partial charge in [0.2, 0.25) is 0 Å². The van der Waals surface area contributed by atoms with Gasteiger partial charge in [-0.15, -0.1) is 11.8 Å². The van der Waals surface area contributed by atoms with E-state index in [-0.39, 0.29) is 5.97 Å². The molecule has 0 saturated carbocycles. The molecule has 0 aromatic heterocycles. The van der Waals surface area contributed by atoms with Gasteiger partial charge in [-0.05, 0) is 12.1 Å². The summed E-state index contributed by atoms with van der Waals surface area (Å²) in [6.07, 6.45) is 0. The van der Waals surface area contributed by atoms with Crippen LogP contribution in [0.2, 0.25) is 5.02 Å². The predicted molar refractivity (Wildman–Crippen MR) is 63.2 cm³/mol. The molecule has 1 aromatic rings. The highest BCUT2D eigenvalue weighted by Crippen LogP contribution is 2.33. The summed E-state index contributed by atoms with van der Waals surface area (Å²) in [7, 11) is 1.36. The average molecular weight is 259 g/mol. The molecule has 0 atom stereocenters. The Kier molecular flexibility index (Phi) is 3.74. The van der Waals surface area contributed by atoms with E-state index in [1.807, 2.05) is 6.07 Å². The van der Waals surface area contributed by atoms with Gasteiger partial charge in [0.1, 0.15) is 0 Å². The van der Waals surface area contributed by atoms with Crippen molar-refractivity contribution in [3.05, 3.63) is 28.3 Å². The summed E-state index contributed by atoms with van der Waals surface area (Å²) in [5, 5.41) is 0.562. The van der Waals surface area contributed by atoms with E-state index >= 15 is 0 Å². The maximum atomic E-state index is 11.4. The first-order chi connectivity index (χ1) is 7.72. The second-order valence-electron chi connectivity index (χ2n) is 3.33. The highest BCUT2D eigenvalue weighted by Gasteiger charge is 2.16. The van der Waals surface area contributed by atoms with Crippen LogP contribution in [-0.4, -0.2) is 25.4 Å². The summed E-state index contributed by atoms with van der Waals surface area (Å²) in [4.78, 5) is 12.4. The van der Waals surface area contributed by atoms with Crippen LogP contribution in [0.5, 0.6) is 0 Å². The second kappa shape index (κ2) is 5.08. The van der Waals surface area contributed by atoms with Gasteiger partial charge >= 0.3 is 5.97 Å². The maximum absolute atomic E-state index is 11.4. The number of hydrogen-bond acceptors (Lipinski definition) is 4. The van der Waals surface area contributed by atoms with Crippen LogP contribution in [0.25, 0.3) is 0 Å². The minimum Gasteiger partial charge on any atom is -0.465 e. The van der Waals surface area contributed by atoms with Crippen LogP contribution < -0.4 is 0 Å². The molecule has 1 aliphatic rings. The zero-order valence-corrected chi connectivity index (χ0v) is 10.4. The molecule has 1 aromatic carbocycles. The average Bonchev–Trinajstić information content (AvgIpc) is 2.53. The van der Waals surface area contributed by atoms with Gasteiger partial charge in [0, 0.05) is 21.2 Å². The van der Waals surface area contributed by atoms with E-state index < -0.39 is 0 Å². The van der Waals surface area contributed by atoms with E-state index in [0.29, 0.717) is 23.8 Å². The number of halogens is 1. The highest BCUT2D eigenvalue weighted by atomic mass is 35.5. The van der Waals surface area contributed by atoms with Crippen molar-refractivity contribution in [2.75, 3.05) is 19.5 Å². The number of rotatable bonds is 1.